The number of allylic oxidation sites excluding steroid dienone is 11. The highest BCUT2D eigenvalue weighted by Gasteiger charge is 2.25. The fourth-order valence-corrected chi connectivity index (χ4v) is 5.95. The number of ether oxygens (including phenoxy) is 2. The van der Waals surface area contributed by atoms with E-state index < -0.39 is 19.9 Å². The van der Waals surface area contributed by atoms with Crippen LogP contribution in [0.15, 0.2) is 73.1 Å². The Balaban J connectivity index is 4.30. The van der Waals surface area contributed by atoms with Crippen LogP contribution in [0.3, 0.4) is 0 Å². The van der Waals surface area contributed by atoms with E-state index in [9.17, 15) is 14.3 Å². The average molecular weight is 750 g/mol. The van der Waals surface area contributed by atoms with E-state index >= 15 is 0 Å². The minimum Gasteiger partial charge on any atom is -0.498 e. The lowest BCUT2D eigenvalue weighted by atomic mass is 10.1. The Kier molecular flexibility index (Phi) is 38.3. The average Bonchev–Trinajstić information content (AvgIpc) is 3.13. The molecule has 0 heterocycles. The standard InChI is InChI=1S/C43H76NO7P/c1-3-5-7-9-11-13-15-17-19-21-22-24-26-28-30-32-34-36-43(45)51-42(41-50-52(46,47)49-39-37-44)40-48-38-35-33-31-29-27-25-23-20-18-16-14-12-10-8-6-4-2/h13,15,19,21,24,26,29-32,35,38,42H,3-12,14,16-18,20,22-23,25,27-28,33-34,36-37,39-41,44H2,1-2H3,(H,46,47)/b15-13-,21-19-,26-24-,31-29-,32-30-,38-35+. The Morgan fingerprint density at radius 1 is 0.596 bits per heavy atom. The van der Waals surface area contributed by atoms with Crippen molar-refractivity contribution in [2.75, 3.05) is 26.4 Å². The first-order chi connectivity index (χ1) is 25.4. The molecule has 0 amide bonds. The van der Waals surface area contributed by atoms with Gasteiger partial charge in [-0.15, -0.1) is 0 Å². The minimum atomic E-state index is -4.32. The molecule has 2 unspecified atom stereocenters. The summed E-state index contributed by atoms with van der Waals surface area (Å²) in [6, 6.07) is 0. The molecule has 0 saturated carbocycles. The highest BCUT2D eigenvalue weighted by molar-refractivity contribution is 7.47. The summed E-state index contributed by atoms with van der Waals surface area (Å²) < 4.78 is 33.0. The van der Waals surface area contributed by atoms with Crippen molar-refractivity contribution in [1.82, 2.24) is 0 Å². The fourth-order valence-electron chi connectivity index (χ4n) is 5.19. The number of nitrogens with two attached hydrogens (primary N) is 1. The first-order valence-corrected chi connectivity index (χ1v) is 22.0. The lowest BCUT2D eigenvalue weighted by molar-refractivity contribution is -0.153. The summed E-state index contributed by atoms with van der Waals surface area (Å²) in [6.45, 7) is 4.08. The van der Waals surface area contributed by atoms with E-state index in [1.807, 2.05) is 18.2 Å². The molecule has 0 aliphatic heterocycles. The molecule has 8 nitrogen and oxygen atoms in total. The second-order valence-electron chi connectivity index (χ2n) is 13.2. The molecule has 0 fully saturated rings. The van der Waals surface area contributed by atoms with Crippen molar-refractivity contribution in [2.45, 2.75) is 168 Å². The summed E-state index contributed by atoms with van der Waals surface area (Å²) in [6.07, 6.45) is 50.3. The van der Waals surface area contributed by atoms with E-state index in [0.29, 0.717) is 6.42 Å². The Morgan fingerprint density at radius 3 is 1.56 bits per heavy atom. The summed E-state index contributed by atoms with van der Waals surface area (Å²) in [4.78, 5) is 22.4. The number of unbranched alkanes of at least 4 members (excludes halogenated alkanes) is 15. The molecule has 0 bridgehead atoms. The number of esters is 1. The Hall–Kier alpha value is -2.22. The van der Waals surface area contributed by atoms with Gasteiger partial charge in [0.15, 0.2) is 6.10 Å². The summed E-state index contributed by atoms with van der Waals surface area (Å²) in [5.41, 5.74) is 5.35. The van der Waals surface area contributed by atoms with Gasteiger partial charge < -0.3 is 20.1 Å². The molecule has 0 rings (SSSR count). The lowest BCUT2D eigenvalue weighted by Gasteiger charge is -2.19. The van der Waals surface area contributed by atoms with Crippen LogP contribution < -0.4 is 5.73 Å². The predicted octanol–water partition coefficient (Wildman–Crippen LogP) is 12.3. The second-order valence-corrected chi connectivity index (χ2v) is 14.7. The topological polar surface area (TPSA) is 117 Å². The van der Waals surface area contributed by atoms with Gasteiger partial charge >= 0.3 is 13.8 Å². The molecule has 0 saturated heterocycles. The lowest BCUT2D eigenvalue weighted by Crippen LogP contribution is -2.27. The van der Waals surface area contributed by atoms with Crippen LogP contribution in [-0.2, 0) is 27.9 Å². The van der Waals surface area contributed by atoms with Crippen molar-refractivity contribution in [3.8, 4) is 0 Å². The number of phosphoric acid groups is 1. The molecule has 0 aliphatic rings. The molecule has 3 N–H and O–H groups in total. The molecular weight excluding hydrogens is 673 g/mol. The van der Waals surface area contributed by atoms with Crippen LogP contribution in [0.4, 0.5) is 0 Å². The highest BCUT2D eigenvalue weighted by Crippen LogP contribution is 2.43. The number of phosphoric ester groups is 1. The second kappa shape index (κ2) is 40.0. The van der Waals surface area contributed by atoms with Gasteiger partial charge in [-0.25, -0.2) is 4.57 Å². The van der Waals surface area contributed by atoms with Crippen LogP contribution in [0, 0.1) is 0 Å². The molecule has 0 aromatic carbocycles. The van der Waals surface area contributed by atoms with Crippen LogP contribution in [0.5, 0.6) is 0 Å². The maximum absolute atomic E-state index is 12.5. The summed E-state index contributed by atoms with van der Waals surface area (Å²) >= 11 is 0. The quantitative estimate of drug-likeness (QED) is 0.0211. The van der Waals surface area contributed by atoms with E-state index in [4.69, 9.17) is 24.3 Å². The Morgan fingerprint density at radius 2 is 1.04 bits per heavy atom. The first-order valence-electron chi connectivity index (χ1n) is 20.5. The van der Waals surface area contributed by atoms with Gasteiger partial charge in [0, 0.05) is 13.0 Å². The van der Waals surface area contributed by atoms with Crippen molar-refractivity contribution < 1.29 is 32.8 Å². The number of rotatable bonds is 38. The minimum absolute atomic E-state index is 0.0218. The molecule has 52 heavy (non-hydrogen) atoms. The normalized spacial score (nSPS) is 14.2. The third-order valence-corrected chi connectivity index (χ3v) is 9.19. The molecule has 0 aromatic rings. The van der Waals surface area contributed by atoms with Gasteiger partial charge in [-0.1, -0.05) is 158 Å². The van der Waals surface area contributed by atoms with Crippen molar-refractivity contribution in [3.63, 3.8) is 0 Å². The molecule has 0 radical (unpaired) electrons. The van der Waals surface area contributed by atoms with E-state index in [0.717, 1.165) is 32.1 Å². The van der Waals surface area contributed by atoms with Crippen molar-refractivity contribution >= 4 is 13.8 Å². The van der Waals surface area contributed by atoms with Crippen molar-refractivity contribution in [2.24, 2.45) is 5.73 Å². The monoisotopic (exact) mass is 750 g/mol. The Labute approximate surface area is 318 Å². The maximum atomic E-state index is 12.5. The van der Waals surface area contributed by atoms with E-state index in [2.05, 4.69) is 62.5 Å². The largest absolute Gasteiger partial charge is 0.498 e. The Bertz CT molecular complexity index is 1020. The van der Waals surface area contributed by atoms with Crippen molar-refractivity contribution in [1.29, 1.82) is 0 Å². The van der Waals surface area contributed by atoms with E-state index in [-0.39, 0.29) is 32.8 Å². The van der Waals surface area contributed by atoms with Gasteiger partial charge in [0.05, 0.1) is 19.5 Å². The van der Waals surface area contributed by atoms with Gasteiger partial charge in [0.25, 0.3) is 0 Å². The molecule has 0 aliphatic carbocycles. The van der Waals surface area contributed by atoms with Gasteiger partial charge in [-0.05, 0) is 63.9 Å². The molecule has 9 heteroatoms. The zero-order chi connectivity index (χ0) is 38.1. The van der Waals surface area contributed by atoms with Crippen molar-refractivity contribution in [3.05, 3.63) is 73.1 Å². The van der Waals surface area contributed by atoms with Crippen LogP contribution in [0.2, 0.25) is 0 Å². The van der Waals surface area contributed by atoms with Crippen LogP contribution in [-0.4, -0.2) is 43.3 Å². The number of carbonyl (C=O) groups is 1. The zero-order valence-corrected chi connectivity index (χ0v) is 33.9. The summed E-state index contributed by atoms with van der Waals surface area (Å²) in [5, 5.41) is 0. The summed E-state index contributed by atoms with van der Waals surface area (Å²) in [7, 11) is -4.32. The molecule has 0 spiro atoms. The third-order valence-electron chi connectivity index (χ3n) is 8.20. The predicted molar refractivity (Wildman–Crippen MR) is 219 cm³/mol. The van der Waals surface area contributed by atoms with E-state index in [1.54, 1.807) is 6.26 Å². The smallest absolute Gasteiger partial charge is 0.472 e. The molecule has 300 valence electrons. The first kappa shape index (κ1) is 49.8. The fraction of sp³-hybridized carbons (Fsp3) is 0.698. The molecule has 2 atom stereocenters. The van der Waals surface area contributed by atoms with E-state index in [1.165, 1.54) is 103 Å². The highest BCUT2D eigenvalue weighted by atomic mass is 31.2. The number of hydrogen-bond donors (Lipinski definition) is 2. The van der Waals surface area contributed by atoms with Crippen LogP contribution in [0.25, 0.3) is 0 Å². The zero-order valence-electron chi connectivity index (χ0n) is 33.0. The van der Waals surface area contributed by atoms with Gasteiger partial charge in [0.2, 0.25) is 0 Å². The molecular formula is C43H76NO7P. The SMILES string of the molecule is CCCCCC/C=C\C/C=C\C/C=C\C/C=C\CCC(=O)OC(CO/C=C/C/C=C\CCCCCCCCCCCCC)COP(=O)(O)OCCN. The maximum Gasteiger partial charge on any atom is 0.472 e. The molecule has 0 aromatic heterocycles. The number of hydrogen-bond acceptors (Lipinski definition) is 7. The third kappa shape index (κ3) is 39.0. The van der Waals surface area contributed by atoms with Crippen LogP contribution >= 0.6 is 7.82 Å². The van der Waals surface area contributed by atoms with Gasteiger partial charge in [-0.2, -0.15) is 0 Å². The summed E-state index contributed by atoms with van der Waals surface area (Å²) in [5.74, 6) is -0.442. The number of carbonyl (C=O) groups excluding carboxylic acids is 1. The van der Waals surface area contributed by atoms with Crippen LogP contribution in [0.1, 0.15) is 162 Å². The van der Waals surface area contributed by atoms with Gasteiger partial charge in [-0.3, -0.25) is 13.8 Å². The van der Waals surface area contributed by atoms with Gasteiger partial charge in [0.1, 0.15) is 6.61 Å².